The molecule has 1 amide bonds. The van der Waals surface area contributed by atoms with Crippen LogP contribution in [0.25, 0.3) is 0 Å². The number of carbonyl (C=O) groups is 2. The fourth-order valence-electron chi connectivity index (χ4n) is 2.85. The first-order valence-corrected chi connectivity index (χ1v) is 7.59. The second-order valence-corrected chi connectivity index (χ2v) is 5.78. The summed E-state index contributed by atoms with van der Waals surface area (Å²) in [6.07, 6.45) is 6.60. The normalized spacial score (nSPS) is 20.9. The van der Waals surface area contributed by atoms with Crippen molar-refractivity contribution < 1.29 is 14.7 Å². The lowest BCUT2D eigenvalue weighted by atomic mass is 9.82. The van der Waals surface area contributed by atoms with Crippen LogP contribution in [0.4, 0.5) is 0 Å². The van der Waals surface area contributed by atoms with Gasteiger partial charge >= 0.3 is 5.97 Å². The molecule has 1 heterocycles. The molecule has 0 radical (unpaired) electrons. The Morgan fingerprint density at radius 3 is 2.55 bits per heavy atom. The van der Waals surface area contributed by atoms with E-state index in [0.717, 1.165) is 17.8 Å². The Labute approximate surface area is 130 Å². The Kier molecular flexibility index (Phi) is 5.00. The highest BCUT2D eigenvalue weighted by Crippen LogP contribution is 2.28. The van der Waals surface area contributed by atoms with Crippen molar-refractivity contribution in [1.82, 2.24) is 14.7 Å². The number of hydrogen-bond donors (Lipinski definition) is 1. The Morgan fingerprint density at radius 2 is 2.00 bits per heavy atom. The van der Waals surface area contributed by atoms with Gasteiger partial charge in [-0.25, -0.2) is 0 Å². The lowest BCUT2D eigenvalue weighted by molar-refractivity contribution is -0.150. The molecule has 0 aliphatic heterocycles. The van der Waals surface area contributed by atoms with Gasteiger partial charge in [0.25, 0.3) is 0 Å². The monoisotopic (exact) mass is 305 g/mol. The average Bonchev–Trinajstić information content (AvgIpc) is 2.86. The first-order chi connectivity index (χ1) is 10.4. The molecule has 1 N–H and O–H groups in total. The van der Waals surface area contributed by atoms with Crippen LogP contribution in [0.2, 0.25) is 0 Å². The fourth-order valence-corrected chi connectivity index (χ4v) is 2.85. The average molecular weight is 305 g/mol. The Hall–Kier alpha value is -2.11. The molecular weight excluding hydrogens is 282 g/mol. The molecule has 0 saturated heterocycles. The van der Waals surface area contributed by atoms with Gasteiger partial charge in [-0.05, 0) is 26.7 Å². The van der Waals surface area contributed by atoms with Gasteiger partial charge in [-0.2, -0.15) is 5.10 Å². The van der Waals surface area contributed by atoms with Gasteiger partial charge in [0.1, 0.15) is 0 Å². The minimum Gasteiger partial charge on any atom is -0.481 e. The highest BCUT2D eigenvalue weighted by atomic mass is 16.4. The van der Waals surface area contributed by atoms with E-state index in [4.69, 9.17) is 0 Å². The Balaban J connectivity index is 2.09. The van der Waals surface area contributed by atoms with Crippen molar-refractivity contribution in [2.45, 2.75) is 39.8 Å². The third kappa shape index (κ3) is 3.37. The quantitative estimate of drug-likeness (QED) is 0.842. The molecule has 2 atom stereocenters. The standard InChI is InChI=1S/C16H23N3O3/c1-4-19-10-12(11(2)17-19)9-18(3)15(20)13-7-5-6-8-14(13)16(21)22/h5-6,10,13-14H,4,7-9H2,1-3H3,(H,21,22)/t13-,14-/m1/s1. The molecule has 1 aliphatic rings. The maximum atomic E-state index is 12.6. The van der Waals surface area contributed by atoms with E-state index in [1.54, 1.807) is 11.9 Å². The van der Waals surface area contributed by atoms with Crippen LogP contribution in [0.5, 0.6) is 0 Å². The number of aliphatic carboxylic acids is 1. The number of aryl methyl sites for hydroxylation is 2. The zero-order chi connectivity index (χ0) is 16.3. The Morgan fingerprint density at radius 1 is 1.36 bits per heavy atom. The van der Waals surface area contributed by atoms with E-state index in [9.17, 15) is 14.7 Å². The second kappa shape index (κ2) is 6.77. The number of carboxylic acids is 1. The van der Waals surface area contributed by atoms with Crippen molar-refractivity contribution in [2.24, 2.45) is 11.8 Å². The van der Waals surface area contributed by atoms with E-state index in [0.29, 0.717) is 19.4 Å². The molecule has 0 aromatic carbocycles. The molecular formula is C16H23N3O3. The predicted molar refractivity (Wildman–Crippen MR) is 82.1 cm³/mol. The van der Waals surface area contributed by atoms with Gasteiger partial charge in [0.15, 0.2) is 0 Å². The first-order valence-electron chi connectivity index (χ1n) is 7.59. The molecule has 6 heteroatoms. The van der Waals surface area contributed by atoms with Gasteiger partial charge < -0.3 is 10.0 Å². The van der Waals surface area contributed by atoms with E-state index in [-0.39, 0.29) is 5.91 Å². The third-order valence-corrected chi connectivity index (χ3v) is 4.22. The van der Waals surface area contributed by atoms with Gasteiger partial charge in [0, 0.05) is 31.9 Å². The third-order valence-electron chi connectivity index (χ3n) is 4.22. The number of carboxylic acid groups (broad SMARTS) is 1. The maximum Gasteiger partial charge on any atom is 0.307 e. The van der Waals surface area contributed by atoms with Crippen molar-refractivity contribution in [2.75, 3.05) is 7.05 Å². The number of allylic oxidation sites excluding steroid dienone is 2. The molecule has 0 bridgehead atoms. The SMILES string of the molecule is CCn1cc(CN(C)C(=O)[C@@H]2CC=CC[C@H]2C(=O)O)c(C)n1. The fraction of sp³-hybridized carbons (Fsp3) is 0.562. The largest absolute Gasteiger partial charge is 0.481 e. The highest BCUT2D eigenvalue weighted by molar-refractivity contribution is 5.85. The van der Waals surface area contributed by atoms with Crippen LogP contribution in [-0.2, 0) is 22.7 Å². The van der Waals surface area contributed by atoms with Crippen LogP contribution in [0, 0.1) is 18.8 Å². The molecule has 6 nitrogen and oxygen atoms in total. The number of hydrogen-bond acceptors (Lipinski definition) is 3. The van der Waals surface area contributed by atoms with Crippen LogP contribution in [0.1, 0.15) is 31.0 Å². The molecule has 1 aromatic rings. The van der Waals surface area contributed by atoms with Crippen LogP contribution in [0.15, 0.2) is 18.3 Å². The first kappa shape index (κ1) is 16.3. The second-order valence-electron chi connectivity index (χ2n) is 5.78. The van der Waals surface area contributed by atoms with Gasteiger partial charge in [0.2, 0.25) is 5.91 Å². The van der Waals surface area contributed by atoms with Gasteiger partial charge in [-0.1, -0.05) is 12.2 Å². The minimum absolute atomic E-state index is 0.111. The molecule has 22 heavy (non-hydrogen) atoms. The topological polar surface area (TPSA) is 75.4 Å². The van der Waals surface area contributed by atoms with Crippen molar-refractivity contribution in [3.05, 3.63) is 29.6 Å². The summed E-state index contributed by atoms with van der Waals surface area (Å²) in [6.45, 7) is 5.17. The van der Waals surface area contributed by atoms with Crippen molar-refractivity contribution in [3.63, 3.8) is 0 Å². The number of amides is 1. The van der Waals surface area contributed by atoms with Crippen LogP contribution in [-0.4, -0.2) is 38.7 Å². The highest BCUT2D eigenvalue weighted by Gasteiger charge is 2.35. The molecule has 0 saturated carbocycles. The molecule has 0 fully saturated rings. The number of rotatable bonds is 5. The zero-order valence-corrected chi connectivity index (χ0v) is 13.3. The van der Waals surface area contributed by atoms with E-state index in [1.165, 1.54) is 0 Å². The van der Waals surface area contributed by atoms with E-state index >= 15 is 0 Å². The van der Waals surface area contributed by atoms with Crippen LogP contribution < -0.4 is 0 Å². The molecule has 0 spiro atoms. The minimum atomic E-state index is -0.897. The summed E-state index contributed by atoms with van der Waals surface area (Å²) < 4.78 is 1.84. The molecule has 0 unspecified atom stereocenters. The van der Waals surface area contributed by atoms with Gasteiger partial charge in [0.05, 0.1) is 17.5 Å². The summed E-state index contributed by atoms with van der Waals surface area (Å²) in [5.41, 5.74) is 1.90. The van der Waals surface area contributed by atoms with Crippen molar-refractivity contribution in [3.8, 4) is 0 Å². The number of carbonyl (C=O) groups excluding carboxylic acids is 1. The van der Waals surface area contributed by atoms with Crippen LogP contribution in [0.3, 0.4) is 0 Å². The molecule has 120 valence electrons. The summed E-state index contributed by atoms with van der Waals surface area (Å²) in [7, 11) is 1.72. The predicted octanol–water partition coefficient (Wildman–Crippen LogP) is 1.84. The summed E-state index contributed by atoms with van der Waals surface area (Å²) in [4.78, 5) is 25.5. The van der Waals surface area contributed by atoms with Crippen LogP contribution >= 0.6 is 0 Å². The molecule has 2 rings (SSSR count). The van der Waals surface area contributed by atoms with E-state index in [2.05, 4.69) is 5.10 Å². The summed E-state index contributed by atoms with van der Waals surface area (Å²) in [6, 6.07) is 0. The zero-order valence-electron chi connectivity index (χ0n) is 13.3. The van der Waals surface area contributed by atoms with Gasteiger partial charge in [-0.15, -0.1) is 0 Å². The van der Waals surface area contributed by atoms with E-state index in [1.807, 2.05) is 36.9 Å². The van der Waals surface area contributed by atoms with Crippen molar-refractivity contribution >= 4 is 11.9 Å². The number of aromatic nitrogens is 2. The Bertz CT molecular complexity index is 591. The molecule has 1 aliphatic carbocycles. The summed E-state index contributed by atoms with van der Waals surface area (Å²) in [5, 5.41) is 13.7. The smallest absolute Gasteiger partial charge is 0.307 e. The molecule has 1 aromatic heterocycles. The van der Waals surface area contributed by atoms with Gasteiger partial charge in [-0.3, -0.25) is 14.3 Å². The van der Waals surface area contributed by atoms with E-state index < -0.39 is 17.8 Å². The lowest BCUT2D eigenvalue weighted by Crippen LogP contribution is -2.39. The summed E-state index contributed by atoms with van der Waals surface area (Å²) in [5.74, 6) is -2.11. The van der Waals surface area contributed by atoms with Crippen molar-refractivity contribution in [1.29, 1.82) is 0 Å². The maximum absolute atomic E-state index is 12.6. The lowest BCUT2D eigenvalue weighted by Gasteiger charge is -2.28. The number of nitrogens with zero attached hydrogens (tertiary/aromatic N) is 3. The summed E-state index contributed by atoms with van der Waals surface area (Å²) >= 11 is 0.